The predicted molar refractivity (Wildman–Crippen MR) is 121 cm³/mol. The molecule has 1 aliphatic rings. The second-order valence-electron chi connectivity index (χ2n) is 7.98. The van der Waals surface area contributed by atoms with Gasteiger partial charge in [-0.3, -0.25) is 0 Å². The lowest BCUT2D eigenvalue weighted by Crippen LogP contribution is -2.43. The van der Waals surface area contributed by atoms with Gasteiger partial charge < -0.3 is 26.6 Å². The highest BCUT2D eigenvalue weighted by Crippen LogP contribution is 2.39. The van der Waals surface area contributed by atoms with Crippen molar-refractivity contribution >= 4 is 25.7 Å². The van der Waals surface area contributed by atoms with Crippen LogP contribution in [0.1, 0.15) is 12.8 Å². The van der Waals surface area contributed by atoms with E-state index >= 15 is 0 Å². The third-order valence-corrected chi connectivity index (χ3v) is 8.31. The highest BCUT2D eigenvalue weighted by atomic mass is 32.2. The minimum Gasteiger partial charge on any atom is -0.395 e. The summed E-state index contributed by atoms with van der Waals surface area (Å²) < 4.78 is 53.5. The first-order valence-corrected chi connectivity index (χ1v) is 13.4. The van der Waals surface area contributed by atoms with Crippen LogP contribution in [0.2, 0.25) is 0 Å². The van der Waals surface area contributed by atoms with Gasteiger partial charge in [-0.1, -0.05) is 0 Å². The SMILES string of the molecule is NCC(O)CNS(=O)(=O)c1ccc(N2CCC([C@@H](N)CO)CC2)c(-c2nn[nH]n2)c1S(N)(=O)=O. The molecule has 0 spiro atoms. The summed E-state index contributed by atoms with van der Waals surface area (Å²) in [6.07, 6.45) is 0.0724. The molecule has 1 unspecified atom stereocenters. The standard InChI is InChI=1S/C17H29N9O6S2/c18-7-11(28)8-21-34(31,32)14-2-1-13(26-5-3-10(4-6-26)12(19)9-27)15(16(14)33(20,29)30)17-22-24-25-23-17/h1-2,10-12,21,27-28H,3-9,18-19H2,(H2,20,29,30)(H,22,23,24,25)/t11?,12-/m0/s1. The second-order valence-corrected chi connectivity index (χ2v) is 11.2. The molecule has 1 aromatic carbocycles. The molecule has 0 amide bonds. The lowest BCUT2D eigenvalue weighted by molar-refractivity contribution is 0.186. The maximum absolute atomic E-state index is 13.0. The van der Waals surface area contributed by atoms with Gasteiger partial charge in [-0.05, 0) is 36.1 Å². The molecule has 1 aromatic heterocycles. The van der Waals surface area contributed by atoms with E-state index in [0.717, 1.165) is 6.07 Å². The Morgan fingerprint density at radius 1 is 1.24 bits per heavy atom. The van der Waals surface area contributed by atoms with Gasteiger partial charge in [0, 0.05) is 37.9 Å². The van der Waals surface area contributed by atoms with Crippen LogP contribution in [0.5, 0.6) is 0 Å². The number of benzene rings is 1. The number of nitrogens with one attached hydrogen (secondary N) is 2. The number of aromatic nitrogens is 4. The van der Waals surface area contributed by atoms with Crippen LogP contribution in [0, 0.1) is 5.92 Å². The normalized spacial score (nSPS) is 17.6. The molecule has 17 heteroatoms. The number of tetrazole rings is 1. The molecule has 3 rings (SSSR count). The Morgan fingerprint density at radius 2 is 1.91 bits per heavy atom. The molecule has 0 bridgehead atoms. The van der Waals surface area contributed by atoms with E-state index in [2.05, 4.69) is 25.3 Å². The molecule has 2 heterocycles. The number of nitrogens with zero attached hydrogens (tertiary/aromatic N) is 4. The Morgan fingerprint density at radius 3 is 2.44 bits per heavy atom. The first-order valence-electron chi connectivity index (χ1n) is 10.4. The van der Waals surface area contributed by atoms with Gasteiger partial charge in [0.2, 0.25) is 25.9 Å². The smallest absolute Gasteiger partial charge is 0.242 e. The number of rotatable bonds is 10. The van der Waals surface area contributed by atoms with Crippen molar-refractivity contribution in [2.75, 3.05) is 37.7 Å². The maximum Gasteiger partial charge on any atom is 0.242 e. The van der Waals surface area contributed by atoms with Crippen molar-refractivity contribution in [3.05, 3.63) is 12.1 Å². The van der Waals surface area contributed by atoms with Crippen molar-refractivity contribution in [2.45, 2.75) is 34.8 Å². The minimum absolute atomic E-state index is 0.0745. The fourth-order valence-corrected chi connectivity index (χ4v) is 6.55. The average Bonchev–Trinajstić information content (AvgIpc) is 3.35. The second kappa shape index (κ2) is 10.6. The number of anilines is 1. The number of aliphatic hydroxyl groups is 2. The summed E-state index contributed by atoms with van der Waals surface area (Å²) in [7, 11) is -9.05. The maximum atomic E-state index is 13.0. The molecule has 0 aliphatic carbocycles. The molecular formula is C17H29N9O6S2. The van der Waals surface area contributed by atoms with Crippen LogP contribution >= 0.6 is 0 Å². The molecule has 190 valence electrons. The van der Waals surface area contributed by atoms with Gasteiger partial charge >= 0.3 is 0 Å². The number of aliphatic hydroxyl groups excluding tert-OH is 2. The van der Waals surface area contributed by atoms with Crippen molar-refractivity contribution in [1.82, 2.24) is 25.3 Å². The molecule has 2 atom stereocenters. The average molecular weight is 520 g/mol. The van der Waals surface area contributed by atoms with Gasteiger partial charge in [-0.15, -0.1) is 10.2 Å². The van der Waals surface area contributed by atoms with Crippen LogP contribution in [0.15, 0.2) is 21.9 Å². The van der Waals surface area contributed by atoms with E-state index < -0.39 is 42.5 Å². The topological polar surface area (TPSA) is 257 Å². The molecule has 1 aliphatic heterocycles. The van der Waals surface area contributed by atoms with Crippen molar-refractivity contribution < 1.29 is 27.0 Å². The van der Waals surface area contributed by atoms with Crippen LogP contribution in [-0.2, 0) is 20.0 Å². The van der Waals surface area contributed by atoms with Crippen molar-refractivity contribution in [2.24, 2.45) is 22.5 Å². The van der Waals surface area contributed by atoms with E-state index in [1.54, 1.807) is 0 Å². The number of primary sulfonamides is 1. The molecule has 10 N–H and O–H groups in total. The zero-order chi connectivity index (χ0) is 25.1. The lowest BCUT2D eigenvalue weighted by atomic mass is 9.90. The van der Waals surface area contributed by atoms with Crippen molar-refractivity contribution in [3.8, 4) is 11.4 Å². The van der Waals surface area contributed by atoms with Gasteiger partial charge in [0.1, 0.15) is 9.79 Å². The summed E-state index contributed by atoms with van der Waals surface area (Å²) in [5.74, 6) is -0.0855. The monoisotopic (exact) mass is 519 g/mol. The molecule has 1 fully saturated rings. The zero-order valence-corrected chi connectivity index (χ0v) is 19.8. The van der Waals surface area contributed by atoms with Gasteiger partial charge in [-0.25, -0.2) is 26.7 Å². The number of hydrogen-bond acceptors (Lipinski definition) is 12. The number of nitrogens with two attached hydrogens (primary N) is 3. The third kappa shape index (κ3) is 5.69. The number of H-pyrrole nitrogens is 1. The van der Waals surface area contributed by atoms with Gasteiger partial charge in [0.05, 0.1) is 18.3 Å². The van der Waals surface area contributed by atoms with Crippen molar-refractivity contribution in [1.29, 1.82) is 0 Å². The summed E-state index contributed by atoms with van der Waals surface area (Å²) in [6.45, 7) is 0.141. The van der Waals surface area contributed by atoms with Crippen molar-refractivity contribution in [3.63, 3.8) is 0 Å². The quantitative estimate of drug-likeness (QED) is 0.162. The van der Waals surface area contributed by atoms with Gasteiger partial charge in [0.15, 0.2) is 0 Å². The van der Waals surface area contributed by atoms with E-state index in [-0.39, 0.29) is 36.5 Å². The first kappa shape index (κ1) is 26.4. The highest BCUT2D eigenvalue weighted by Gasteiger charge is 2.34. The van der Waals surface area contributed by atoms with E-state index in [4.69, 9.17) is 16.6 Å². The summed E-state index contributed by atoms with van der Waals surface area (Å²) in [5, 5.41) is 37.9. The zero-order valence-electron chi connectivity index (χ0n) is 18.2. The fourth-order valence-electron chi connectivity index (χ4n) is 3.88. The number of piperidine rings is 1. The molecule has 1 saturated heterocycles. The molecule has 34 heavy (non-hydrogen) atoms. The summed E-state index contributed by atoms with van der Waals surface area (Å²) in [6, 6.07) is 2.20. The summed E-state index contributed by atoms with van der Waals surface area (Å²) in [4.78, 5) is 0.526. The summed E-state index contributed by atoms with van der Waals surface area (Å²) >= 11 is 0. The van der Waals surface area contributed by atoms with Crippen LogP contribution in [0.25, 0.3) is 11.4 Å². The molecule has 2 aromatic rings. The number of sulfonamides is 2. The van der Waals surface area contributed by atoms with Gasteiger partial charge in [0.25, 0.3) is 0 Å². The largest absolute Gasteiger partial charge is 0.395 e. The lowest BCUT2D eigenvalue weighted by Gasteiger charge is -2.36. The Balaban J connectivity index is 2.13. The van der Waals surface area contributed by atoms with E-state index in [9.17, 15) is 27.0 Å². The molecule has 0 saturated carbocycles. The van der Waals surface area contributed by atoms with E-state index in [1.165, 1.54) is 6.07 Å². The predicted octanol–water partition coefficient (Wildman–Crippen LogP) is -3.35. The van der Waals surface area contributed by atoms with Crippen LogP contribution in [0.4, 0.5) is 5.69 Å². The number of aromatic amines is 1. The fraction of sp³-hybridized carbons (Fsp3) is 0.588. The van der Waals surface area contributed by atoms with E-state index in [1.807, 2.05) is 4.90 Å². The minimum atomic E-state index is -4.61. The summed E-state index contributed by atoms with van der Waals surface area (Å²) in [5.41, 5.74) is 11.5. The molecular weight excluding hydrogens is 490 g/mol. The number of hydrogen-bond donors (Lipinski definition) is 7. The first-order chi connectivity index (χ1) is 16.0. The molecule has 15 nitrogen and oxygen atoms in total. The Labute approximate surface area is 196 Å². The van der Waals surface area contributed by atoms with Gasteiger partial charge in [-0.2, -0.15) is 5.21 Å². The Hall–Kier alpha value is -2.25. The molecule has 0 radical (unpaired) electrons. The van der Waals surface area contributed by atoms with Crippen LogP contribution in [-0.4, -0.2) is 92.6 Å². The Kier molecular flexibility index (Phi) is 8.19. The third-order valence-electron chi connectivity index (χ3n) is 5.72. The van der Waals surface area contributed by atoms with Crippen LogP contribution < -0.4 is 26.2 Å². The van der Waals surface area contributed by atoms with Crippen LogP contribution in [0.3, 0.4) is 0 Å². The Bertz CT molecular complexity index is 1180. The van der Waals surface area contributed by atoms with E-state index in [0.29, 0.717) is 31.6 Å². The highest BCUT2D eigenvalue weighted by molar-refractivity contribution is 7.92.